The second kappa shape index (κ2) is 6.15. The van der Waals surface area contributed by atoms with Crippen molar-refractivity contribution in [3.05, 3.63) is 57.0 Å². The molecule has 0 aliphatic carbocycles. The van der Waals surface area contributed by atoms with Crippen molar-refractivity contribution < 1.29 is 19.8 Å². The van der Waals surface area contributed by atoms with Crippen LogP contribution in [0.15, 0.2) is 40.9 Å². The number of carboxylic acids is 1. The monoisotopic (exact) mass is 369 g/mol. The second-order valence-corrected chi connectivity index (χ2v) is 5.44. The van der Waals surface area contributed by atoms with Crippen LogP contribution in [0.3, 0.4) is 0 Å². The molecule has 0 unspecified atom stereocenters. The van der Waals surface area contributed by atoms with Gasteiger partial charge in [0.2, 0.25) is 0 Å². The van der Waals surface area contributed by atoms with Gasteiger partial charge in [-0.3, -0.25) is 4.79 Å². The Morgan fingerprint density at radius 3 is 2.43 bits per heavy atom. The predicted molar refractivity (Wildman–Crippen MR) is 82.2 cm³/mol. The Kier molecular flexibility index (Phi) is 4.50. The van der Waals surface area contributed by atoms with Crippen LogP contribution in [0.1, 0.15) is 20.7 Å². The zero-order valence-corrected chi connectivity index (χ0v) is 12.8. The van der Waals surface area contributed by atoms with Crippen molar-refractivity contribution in [3.8, 4) is 5.75 Å². The van der Waals surface area contributed by atoms with Crippen LogP contribution in [-0.4, -0.2) is 22.1 Å². The minimum Gasteiger partial charge on any atom is -0.508 e. The van der Waals surface area contributed by atoms with E-state index in [1.54, 1.807) is 12.1 Å². The number of nitrogens with one attached hydrogen (secondary N) is 1. The van der Waals surface area contributed by atoms with Gasteiger partial charge >= 0.3 is 5.97 Å². The number of hydrogen-bond donors (Lipinski definition) is 3. The number of phenols is 1. The van der Waals surface area contributed by atoms with Crippen LogP contribution in [0.4, 0.5) is 5.69 Å². The molecular weight excluding hydrogens is 362 g/mol. The summed E-state index contributed by atoms with van der Waals surface area (Å²) < 4.78 is 0.722. The number of anilines is 1. The maximum absolute atomic E-state index is 12.1. The van der Waals surface area contributed by atoms with Gasteiger partial charge in [-0.15, -0.1) is 0 Å². The van der Waals surface area contributed by atoms with Crippen LogP contribution in [0.5, 0.6) is 5.75 Å². The maximum atomic E-state index is 12.1. The van der Waals surface area contributed by atoms with Gasteiger partial charge < -0.3 is 15.5 Å². The van der Waals surface area contributed by atoms with Crippen molar-refractivity contribution >= 4 is 45.1 Å². The SMILES string of the molecule is O=C(Nc1ccc(O)cc1C(=O)O)c1ccc(Br)cc1Cl. The van der Waals surface area contributed by atoms with Crippen molar-refractivity contribution in [2.45, 2.75) is 0 Å². The summed E-state index contributed by atoms with van der Waals surface area (Å²) in [5, 5.41) is 21.1. The fourth-order valence-electron chi connectivity index (χ4n) is 1.68. The van der Waals surface area contributed by atoms with Crippen molar-refractivity contribution in [1.29, 1.82) is 0 Å². The highest BCUT2D eigenvalue weighted by atomic mass is 79.9. The number of carbonyl (C=O) groups is 2. The summed E-state index contributed by atoms with van der Waals surface area (Å²) >= 11 is 9.20. The lowest BCUT2D eigenvalue weighted by molar-refractivity contribution is 0.0697. The molecule has 2 aromatic rings. The van der Waals surface area contributed by atoms with E-state index in [1.165, 1.54) is 18.2 Å². The third kappa shape index (κ3) is 3.53. The largest absolute Gasteiger partial charge is 0.508 e. The third-order valence-corrected chi connectivity index (χ3v) is 3.46. The fourth-order valence-corrected chi connectivity index (χ4v) is 2.44. The summed E-state index contributed by atoms with van der Waals surface area (Å²) in [5.41, 5.74) is 0.0742. The molecule has 0 saturated carbocycles. The van der Waals surface area contributed by atoms with Crippen LogP contribution in [-0.2, 0) is 0 Å². The number of carbonyl (C=O) groups excluding carboxylic acids is 1. The van der Waals surface area contributed by atoms with E-state index in [9.17, 15) is 14.7 Å². The third-order valence-electron chi connectivity index (χ3n) is 2.66. The van der Waals surface area contributed by atoms with Gasteiger partial charge in [-0.25, -0.2) is 4.79 Å². The normalized spacial score (nSPS) is 10.2. The van der Waals surface area contributed by atoms with Gasteiger partial charge in [0.25, 0.3) is 5.91 Å². The van der Waals surface area contributed by atoms with Gasteiger partial charge in [0.15, 0.2) is 0 Å². The lowest BCUT2D eigenvalue weighted by Crippen LogP contribution is -2.15. The zero-order chi connectivity index (χ0) is 15.6. The Morgan fingerprint density at radius 2 is 1.81 bits per heavy atom. The van der Waals surface area contributed by atoms with Crippen molar-refractivity contribution in [1.82, 2.24) is 0 Å². The molecule has 0 radical (unpaired) electrons. The van der Waals surface area contributed by atoms with Crippen molar-refractivity contribution in [2.24, 2.45) is 0 Å². The first-order valence-electron chi connectivity index (χ1n) is 5.71. The first kappa shape index (κ1) is 15.3. The van der Waals surface area contributed by atoms with Crippen LogP contribution < -0.4 is 5.32 Å². The number of phenolic OH excluding ortho intramolecular Hbond substituents is 1. The summed E-state index contributed by atoms with van der Waals surface area (Å²) in [7, 11) is 0. The van der Waals surface area contributed by atoms with Gasteiger partial charge in [-0.2, -0.15) is 0 Å². The number of benzene rings is 2. The van der Waals surface area contributed by atoms with Crippen LogP contribution in [0, 0.1) is 0 Å². The van der Waals surface area contributed by atoms with Gasteiger partial charge in [0.05, 0.1) is 21.8 Å². The molecule has 3 N–H and O–H groups in total. The summed E-state index contributed by atoms with van der Waals surface area (Å²) in [6.45, 7) is 0. The number of carboxylic acid groups (broad SMARTS) is 1. The highest BCUT2D eigenvalue weighted by Crippen LogP contribution is 2.25. The number of halogens is 2. The number of aromatic carboxylic acids is 1. The highest BCUT2D eigenvalue weighted by Gasteiger charge is 2.16. The Morgan fingerprint density at radius 1 is 1.10 bits per heavy atom. The minimum absolute atomic E-state index is 0.0734. The van der Waals surface area contributed by atoms with Gasteiger partial charge in [-0.1, -0.05) is 27.5 Å². The lowest BCUT2D eigenvalue weighted by atomic mass is 10.1. The Balaban J connectivity index is 2.34. The molecule has 0 heterocycles. The van der Waals surface area contributed by atoms with Crippen LogP contribution in [0.25, 0.3) is 0 Å². The van der Waals surface area contributed by atoms with Gasteiger partial charge in [0.1, 0.15) is 5.75 Å². The number of amides is 1. The van der Waals surface area contributed by atoms with E-state index in [-0.39, 0.29) is 27.6 Å². The summed E-state index contributed by atoms with van der Waals surface area (Å²) in [5.74, 6) is -2.00. The lowest BCUT2D eigenvalue weighted by Gasteiger charge is -2.10. The van der Waals surface area contributed by atoms with E-state index < -0.39 is 11.9 Å². The fraction of sp³-hybridized carbons (Fsp3) is 0. The quantitative estimate of drug-likeness (QED) is 0.718. The molecule has 0 aliphatic rings. The molecule has 0 aliphatic heterocycles. The molecule has 2 aromatic carbocycles. The molecule has 0 aromatic heterocycles. The van der Waals surface area contributed by atoms with E-state index in [0.717, 1.165) is 10.5 Å². The second-order valence-electron chi connectivity index (χ2n) is 4.11. The molecule has 0 saturated heterocycles. The topological polar surface area (TPSA) is 86.6 Å². The van der Waals surface area contributed by atoms with Crippen molar-refractivity contribution in [2.75, 3.05) is 5.32 Å². The molecule has 0 fully saturated rings. The molecule has 0 spiro atoms. The van der Waals surface area contributed by atoms with Crippen molar-refractivity contribution in [3.63, 3.8) is 0 Å². The average Bonchev–Trinajstić information content (AvgIpc) is 2.40. The molecule has 0 bridgehead atoms. The average molecular weight is 371 g/mol. The van der Waals surface area contributed by atoms with Gasteiger partial charge in [0, 0.05) is 4.47 Å². The zero-order valence-electron chi connectivity index (χ0n) is 10.4. The smallest absolute Gasteiger partial charge is 0.337 e. The molecule has 7 heteroatoms. The molecule has 21 heavy (non-hydrogen) atoms. The van der Waals surface area contributed by atoms with Crippen LogP contribution >= 0.6 is 27.5 Å². The highest BCUT2D eigenvalue weighted by molar-refractivity contribution is 9.10. The van der Waals surface area contributed by atoms with Gasteiger partial charge in [-0.05, 0) is 36.4 Å². The first-order chi connectivity index (χ1) is 9.88. The van der Waals surface area contributed by atoms with E-state index in [0.29, 0.717) is 0 Å². The Bertz CT molecular complexity index is 733. The van der Waals surface area contributed by atoms with E-state index in [4.69, 9.17) is 16.7 Å². The molecule has 108 valence electrons. The summed E-state index contributed by atoms with van der Waals surface area (Å²) in [4.78, 5) is 23.2. The molecular formula is C14H9BrClNO4. The summed E-state index contributed by atoms with van der Waals surface area (Å²) in [6, 6.07) is 8.37. The standard InChI is InChI=1S/C14H9BrClNO4/c15-7-1-3-9(11(16)5-7)13(19)17-12-4-2-8(18)6-10(12)14(20)21/h1-6,18H,(H,17,19)(H,20,21). The van der Waals surface area contributed by atoms with E-state index >= 15 is 0 Å². The minimum atomic E-state index is -1.26. The molecule has 5 nitrogen and oxygen atoms in total. The molecule has 0 atom stereocenters. The Hall–Kier alpha value is -2.05. The van der Waals surface area contributed by atoms with E-state index in [1.807, 2.05) is 0 Å². The van der Waals surface area contributed by atoms with E-state index in [2.05, 4.69) is 21.2 Å². The summed E-state index contributed by atoms with van der Waals surface area (Å²) in [6.07, 6.45) is 0. The number of rotatable bonds is 3. The molecule has 1 amide bonds. The number of aromatic hydroxyl groups is 1. The Labute approximate surface area is 133 Å². The predicted octanol–water partition coefficient (Wildman–Crippen LogP) is 3.76. The van der Waals surface area contributed by atoms with Crippen LogP contribution in [0.2, 0.25) is 5.02 Å². The maximum Gasteiger partial charge on any atom is 0.337 e. The first-order valence-corrected chi connectivity index (χ1v) is 6.88. The molecule has 2 rings (SSSR count). The number of hydrogen-bond acceptors (Lipinski definition) is 3.